The van der Waals surface area contributed by atoms with Gasteiger partial charge >= 0.3 is 0 Å². The number of nitrogens with zero attached hydrogens (tertiary/aromatic N) is 1. The molecular weight excluding hydrogens is 258 g/mol. The van der Waals surface area contributed by atoms with Crippen LogP contribution < -0.4 is 16.4 Å². The third kappa shape index (κ3) is 2.42. The lowest BCUT2D eigenvalue weighted by Crippen LogP contribution is -2.37. The zero-order valence-electron chi connectivity index (χ0n) is 11.3. The van der Waals surface area contributed by atoms with E-state index < -0.39 is 5.41 Å². The minimum Gasteiger partial charge on any atom is -0.389 e. The summed E-state index contributed by atoms with van der Waals surface area (Å²) >= 11 is 5.11. The molecule has 0 aromatic heterocycles. The van der Waals surface area contributed by atoms with E-state index in [9.17, 15) is 4.79 Å². The van der Waals surface area contributed by atoms with E-state index in [0.29, 0.717) is 11.5 Å². The fraction of sp³-hybridized carbons (Fsp3) is 0.429. The number of carbonyl (C=O) groups excluding carboxylic acids is 1. The van der Waals surface area contributed by atoms with Gasteiger partial charge in [0.05, 0.1) is 5.41 Å². The molecular formula is C14H19N3OS. The zero-order valence-corrected chi connectivity index (χ0v) is 12.1. The van der Waals surface area contributed by atoms with Crippen LogP contribution in [-0.4, -0.2) is 24.0 Å². The van der Waals surface area contributed by atoms with Crippen LogP contribution in [0.4, 0.5) is 5.69 Å². The smallest absolute Gasteiger partial charge is 0.225 e. The molecule has 0 saturated carbocycles. The SMILES string of the molecule is Cc1cccc(C(N)=S)c1N1CCC(C)(C(N)=O)C1. The molecule has 0 aliphatic carbocycles. The van der Waals surface area contributed by atoms with Gasteiger partial charge in [-0.3, -0.25) is 4.79 Å². The number of rotatable bonds is 3. The Morgan fingerprint density at radius 3 is 2.63 bits per heavy atom. The lowest BCUT2D eigenvalue weighted by atomic mass is 9.89. The summed E-state index contributed by atoms with van der Waals surface area (Å²) in [5.41, 5.74) is 13.8. The molecule has 4 N–H and O–H groups in total. The van der Waals surface area contributed by atoms with E-state index in [-0.39, 0.29) is 5.91 Å². The predicted octanol–water partition coefficient (Wildman–Crippen LogP) is 1.33. The van der Waals surface area contributed by atoms with E-state index in [1.807, 2.05) is 32.0 Å². The Labute approximate surface area is 118 Å². The van der Waals surface area contributed by atoms with E-state index in [2.05, 4.69) is 4.90 Å². The fourth-order valence-electron chi connectivity index (χ4n) is 2.63. The third-order valence-corrected chi connectivity index (χ3v) is 4.11. The molecule has 0 radical (unpaired) electrons. The Morgan fingerprint density at radius 1 is 1.42 bits per heavy atom. The van der Waals surface area contributed by atoms with E-state index in [4.69, 9.17) is 23.7 Å². The van der Waals surface area contributed by atoms with Crippen LogP contribution in [0.2, 0.25) is 0 Å². The largest absolute Gasteiger partial charge is 0.389 e. The van der Waals surface area contributed by atoms with Gasteiger partial charge in [0.25, 0.3) is 0 Å². The number of aryl methyl sites for hydroxylation is 1. The molecule has 1 heterocycles. The standard InChI is InChI=1S/C14H19N3OS/c1-9-4-3-5-10(12(15)19)11(9)17-7-6-14(2,8-17)13(16)18/h3-5H,6-8H2,1-2H3,(H2,15,19)(H2,16,18). The van der Waals surface area contributed by atoms with Crippen molar-refractivity contribution >= 4 is 28.8 Å². The maximum Gasteiger partial charge on any atom is 0.225 e. The van der Waals surface area contributed by atoms with Crippen LogP contribution in [0.15, 0.2) is 18.2 Å². The van der Waals surface area contributed by atoms with Gasteiger partial charge in [-0.1, -0.05) is 24.4 Å². The Kier molecular flexibility index (Phi) is 3.49. The van der Waals surface area contributed by atoms with E-state index >= 15 is 0 Å². The maximum absolute atomic E-state index is 11.5. The number of thiocarbonyl (C=S) groups is 1. The lowest BCUT2D eigenvalue weighted by Gasteiger charge is -2.26. The molecule has 0 spiro atoms. The van der Waals surface area contributed by atoms with Crippen molar-refractivity contribution in [2.45, 2.75) is 20.3 Å². The summed E-state index contributed by atoms with van der Waals surface area (Å²) in [6, 6.07) is 5.89. The number of benzene rings is 1. The molecule has 1 aliphatic rings. The molecule has 19 heavy (non-hydrogen) atoms. The van der Waals surface area contributed by atoms with Gasteiger partial charge in [0.2, 0.25) is 5.91 Å². The number of amides is 1. The highest BCUT2D eigenvalue weighted by Crippen LogP contribution is 2.36. The van der Waals surface area contributed by atoms with E-state index in [1.165, 1.54) is 0 Å². The molecule has 4 nitrogen and oxygen atoms in total. The van der Waals surface area contributed by atoms with Gasteiger partial charge < -0.3 is 16.4 Å². The first-order valence-corrected chi connectivity index (χ1v) is 6.70. The highest BCUT2D eigenvalue weighted by molar-refractivity contribution is 7.80. The molecule has 1 fully saturated rings. The molecule has 1 atom stereocenters. The van der Waals surface area contributed by atoms with Gasteiger partial charge in [0, 0.05) is 24.3 Å². The summed E-state index contributed by atoms with van der Waals surface area (Å²) in [4.78, 5) is 14.1. The highest BCUT2D eigenvalue weighted by Gasteiger charge is 2.39. The number of para-hydroxylation sites is 1. The van der Waals surface area contributed by atoms with Crippen LogP contribution in [0.5, 0.6) is 0 Å². The van der Waals surface area contributed by atoms with Gasteiger partial charge in [-0.05, 0) is 31.9 Å². The van der Waals surface area contributed by atoms with Gasteiger partial charge in [0.15, 0.2) is 0 Å². The maximum atomic E-state index is 11.5. The normalized spacial score (nSPS) is 22.5. The summed E-state index contributed by atoms with van der Waals surface area (Å²) < 4.78 is 0. The third-order valence-electron chi connectivity index (χ3n) is 3.89. The monoisotopic (exact) mass is 277 g/mol. The van der Waals surface area contributed by atoms with Crippen molar-refractivity contribution in [3.63, 3.8) is 0 Å². The minimum absolute atomic E-state index is 0.250. The number of anilines is 1. The van der Waals surface area contributed by atoms with Gasteiger partial charge in [0.1, 0.15) is 4.99 Å². The topological polar surface area (TPSA) is 72.3 Å². The van der Waals surface area contributed by atoms with Crippen molar-refractivity contribution in [1.82, 2.24) is 0 Å². The second-order valence-electron chi connectivity index (χ2n) is 5.43. The van der Waals surface area contributed by atoms with Crippen molar-refractivity contribution in [3.8, 4) is 0 Å². The van der Waals surface area contributed by atoms with Gasteiger partial charge in [-0.2, -0.15) is 0 Å². The molecule has 102 valence electrons. The zero-order chi connectivity index (χ0) is 14.2. The molecule has 1 amide bonds. The molecule has 1 aliphatic heterocycles. The van der Waals surface area contributed by atoms with Crippen LogP contribution in [0.1, 0.15) is 24.5 Å². The Balaban J connectivity index is 2.39. The van der Waals surface area contributed by atoms with Crippen molar-refractivity contribution in [2.24, 2.45) is 16.9 Å². The van der Waals surface area contributed by atoms with Crippen LogP contribution in [0.3, 0.4) is 0 Å². The van der Waals surface area contributed by atoms with Crippen molar-refractivity contribution < 1.29 is 4.79 Å². The van der Waals surface area contributed by atoms with Gasteiger partial charge in [-0.15, -0.1) is 0 Å². The second kappa shape index (κ2) is 4.81. The minimum atomic E-state index is -0.476. The number of hydrogen-bond acceptors (Lipinski definition) is 3. The molecule has 1 aromatic rings. The first-order chi connectivity index (χ1) is 8.85. The summed E-state index contributed by atoms with van der Waals surface area (Å²) in [5, 5.41) is 0. The van der Waals surface area contributed by atoms with Crippen LogP contribution >= 0.6 is 12.2 Å². The fourth-order valence-corrected chi connectivity index (χ4v) is 2.80. The highest BCUT2D eigenvalue weighted by atomic mass is 32.1. The van der Waals surface area contributed by atoms with Crippen molar-refractivity contribution in [2.75, 3.05) is 18.0 Å². The Morgan fingerprint density at radius 2 is 2.11 bits per heavy atom. The molecule has 5 heteroatoms. The number of hydrogen-bond donors (Lipinski definition) is 2. The Bertz CT molecular complexity index is 543. The quantitative estimate of drug-likeness (QED) is 0.818. The average Bonchev–Trinajstić information content (AvgIpc) is 2.72. The van der Waals surface area contributed by atoms with Crippen LogP contribution in [-0.2, 0) is 4.79 Å². The van der Waals surface area contributed by atoms with Crippen molar-refractivity contribution in [1.29, 1.82) is 0 Å². The molecule has 1 aromatic carbocycles. The first kappa shape index (κ1) is 13.8. The number of carbonyl (C=O) groups is 1. The first-order valence-electron chi connectivity index (χ1n) is 6.29. The molecule has 1 unspecified atom stereocenters. The average molecular weight is 277 g/mol. The summed E-state index contributed by atoms with van der Waals surface area (Å²) in [7, 11) is 0. The van der Waals surface area contributed by atoms with Crippen molar-refractivity contribution in [3.05, 3.63) is 29.3 Å². The van der Waals surface area contributed by atoms with Crippen LogP contribution in [0.25, 0.3) is 0 Å². The summed E-state index contributed by atoms with van der Waals surface area (Å²) in [6.07, 6.45) is 0.757. The molecule has 0 bridgehead atoms. The molecule has 1 saturated heterocycles. The predicted molar refractivity (Wildman–Crippen MR) is 81.2 cm³/mol. The number of nitrogens with two attached hydrogens (primary N) is 2. The van der Waals surface area contributed by atoms with Gasteiger partial charge in [-0.25, -0.2) is 0 Å². The lowest BCUT2D eigenvalue weighted by molar-refractivity contribution is -0.125. The molecule has 2 rings (SSSR count). The Hall–Kier alpha value is -1.62. The summed E-state index contributed by atoms with van der Waals surface area (Å²) in [5.74, 6) is -0.250. The van der Waals surface area contributed by atoms with E-state index in [1.54, 1.807) is 0 Å². The van der Waals surface area contributed by atoms with E-state index in [0.717, 1.165) is 29.8 Å². The van der Waals surface area contributed by atoms with Crippen LogP contribution in [0, 0.1) is 12.3 Å². The summed E-state index contributed by atoms with van der Waals surface area (Å²) in [6.45, 7) is 5.34. The number of primary amides is 1. The second-order valence-corrected chi connectivity index (χ2v) is 5.87.